The van der Waals surface area contributed by atoms with E-state index in [-0.39, 0.29) is 5.91 Å². The molecule has 1 aliphatic rings. The normalized spacial score (nSPS) is 13.8. The smallest absolute Gasteiger partial charge is 0.257 e. The zero-order valence-electron chi connectivity index (χ0n) is 14.1. The molecule has 6 heteroatoms. The van der Waals surface area contributed by atoms with Crippen molar-refractivity contribution in [2.45, 2.75) is 26.8 Å². The standard InChI is InChI=1S/C19H18BrN3OS/c1-12-18(13(2)23(21-12)16-5-3-15(20)4-6-16)19(24)22-9-7-17-14(11-22)8-10-25-17/h3-6,8,10H,7,9,11H2,1-2H3. The first kappa shape index (κ1) is 16.5. The fourth-order valence-corrected chi connectivity index (χ4v) is 4.52. The topological polar surface area (TPSA) is 38.1 Å². The highest BCUT2D eigenvalue weighted by Gasteiger charge is 2.27. The van der Waals surface area contributed by atoms with Crippen LogP contribution >= 0.6 is 27.3 Å². The van der Waals surface area contributed by atoms with Crippen molar-refractivity contribution in [3.05, 3.63) is 67.6 Å². The minimum atomic E-state index is 0.0789. The van der Waals surface area contributed by atoms with Crippen LogP contribution in [0, 0.1) is 13.8 Å². The summed E-state index contributed by atoms with van der Waals surface area (Å²) in [6, 6.07) is 10.1. The molecular weight excluding hydrogens is 398 g/mol. The third-order valence-electron chi connectivity index (χ3n) is 4.67. The molecular formula is C19H18BrN3OS. The average molecular weight is 416 g/mol. The average Bonchev–Trinajstić information content (AvgIpc) is 3.18. The number of benzene rings is 1. The third-order valence-corrected chi connectivity index (χ3v) is 6.22. The van der Waals surface area contributed by atoms with E-state index in [0.29, 0.717) is 6.54 Å². The SMILES string of the molecule is Cc1nn(-c2ccc(Br)cc2)c(C)c1C(=O)N1CCc2sccc2C1. The van der Waals surface area contributed by atoms with Crippen LogP contribution in [0.25, 0.3) is 5.69 Å². The van der Waals surface area contributed by atoms with E-state index < -0.39 is 0 Å². The number of carbonyl (C=O) groups excluding carboxylic acids is 1. The van der Waals surface area contributed by atoms with Crippen molar-refractivity contribution in [3.63, 3.8) is 0 Å². The number of hydrogen-bond acceptors (Lipinski definition) is 3. The van der Waals surface area contributed by atoms with Gasteiger partial charge in [0.1, 0.15) is 0 Å². The summed E-state index contributed by atoms with van der Waals surface area (Å²) in [5, 5.41) is 6.73. The van der Waals surface area contributed by atoms with Gasteiger partial charge in [0, 0.05) is 22.4 Å². The van der Waals surface area contributed by atoms with Crippen LogP contribution in [0.2, 0.25) is 0 Å². The number of carbonyl (C=O) groups is 1. The van der Waals surface area contributed by atoms with Gasteiger partial charge in [0.15, 0.2) is 0 Å². The lowest BCUT2D eigenvalue weighted by molar-refractivity contribution is 0.0734. The van der Waals surface area contributed by atoms with E-state index in [4.69, 9.17) is 0 Å². The fourth-order valence-electron chi connectivity index (χ4n) is 3.37. The molecule has 0 unspecified atom stereocenters. The van der Waals surface area contributed by atoms with Crippen molar-refractivity contribution in [1.29, 1.82) is 0 Å². The second-order valence-electron chi connectivity index (χ2n) is 6.28. The Morgan fingerprint density at radius 1 is 1.20 bits per heavy atom. The van der Waals surface area contributed by atoms with Crippen LogP contribution in [-0.4, -0.2) is 27.1 Å². The number of rotatable bonds is 2. The molecule has 0 atom stereocenters. The molecule has 1 aromatic carbocycles. The van der Waals surface area contributed by atoms with E-state index in [2.05, 4.69) is 32.5 Å². The molecule has 4 nitrogen and oxygen atoms in total. The Kier molecular flexibility index (Phi) is 4.25. The molecule has 4 rings (SSSR count). The summed E-state index contributed by atoms with van der Waals surface area (Å²) in [6.07, 6.45) is 0.942. The maximum absolute atomic E-state index is 13.1. The Balaban J connectivity index is 1.67. The van der Waals surface area contributed by atoms with E-state index in [0.717, 1.165) is 40.1 Å². The number of amides is 1. The molecule has 0 aliphatic carbocycles. The lowest BCUT2D eigenvalue weighted by atomic mass is 10.1. The number of hydrogen-bond donors (Lipinski definition) is 0. The van der Waals surface area contributed by atoms with Crippen LogP contribution in [0.1, 0.15) is 32.2 Å². The van der Waals surface area contributed by atoms with Crippen molar-refractivity contribution < 1.29 is 4.79 Å². The number of fused-ring (bicyclic) bond motifs is 1. The van der Waals surface area contributed by atoms with Gasteiger partial charge in [-0.05, 0) is 61.5 Å². The predicted octanol–water partition coefficient (Wildman–Crippen LogP) is 4.51. The summed E-state index contributed by atoms with van der Waals surface area (Å²) < 4.78 is 2.88. The maximum Gasteiger partial charge on any atom is 0.257 e. The van der Waals surface area contributed by atoms with Gasteiger partial charge in [0.05, 0.1) is 22.6 Å². The van der Waals surface area contributed by atoms with E-state index in [1.54, 1.807) is 11.3 Å². The number of aryl methyl sites for hydroxylation is 1. The first-order chi connectivity index (χ1) is 12.0. The van der Waals surface area contributed by atoms with Crippen molar-refractivity contribution in [1.82, 2.24) is 14.7 Å². The van der Waals surface area contributed by atoms with Crippen molar-refractivity contribution >= 4 is 33.2 Å². The number of halogens is 1. The van der Waals surface area contributed by atoms with Crippen LogP contribution in [0.5, 0.6) is 0 Å². The monoisotopic (exact) mass is 415 g/mol. The summed E-state index contributed by atoms with van der Waals surface area (Å²) in [5.74, 6) is 0.0789. The highest BCUT2D eigenvalue weighted by Crippen LogP contribution is 2.27. The quantitative estimate of drug-likeness (QED) is 0.617. The van der Waals surface area contributed by atoms with Gasteiger partial charge >= 0.3 is 0 Å². The number of aromatic nitrogens is 2. The first-order valence-corrected chi connectivity index (χ1v) is 9.88. The van der Waals surface area contributed by atoms with Crippen LogP contribution < -0.4 is 0 Å². The maximum atomic E-state index is 13.1. The zero-order chi connectivity index (χ0) is 17.6. The molecule has 0 spiro atoms. The Labute approximate surface area is 159 Å². The lowest BCUT2D eigenvalue weighted by Crippen LogP contribution is -2.35. The highest BCUT2D eigenvalue weighted by molar-refractivity contribution is 9.10. The number of thiophene rings is 1. The minimum absolute atomic E-state index is 0.0789. The molecule has 0 saturated heterocycles. The molecule has 0 bridgehead atoms. The van der Waals surface area contributed by atoms with Crippen LogP contribution in [0.4, 0.5) is 0 Å². The van der Waals surface area contributed by atoms with Crippen LogP contribution in [0.15, 0.2) is 40.2 Å². The van der Waals surface area contributed by atoms with Crippen LogP contribution in [-0.2, 0) is 13.0 Å². The third kappa shape index (κ3) is 2.93. The molecule has 3 aromatic rings. The summed E-state index contributed by atoms with van der Waals surface area (Å²) in [4.78, 5) is 16.5. The van der Waals surface area contributed by atoms with E-state index in [1.165, 1.54) is 10.4 Å². The Hall–Kier alpha value is -1.92. The van der Waals surface area contributed by atoms with Crippen molar-refractivity contribution in [3.8, 4) is 5.69 Å². The summed E-state index contributed by atoms with van der Waals surface area (Å²) in [6.45, 7) is 5.35. The molecule has 25 heavy (non-hydrogen) atoms. The first-order valence-electron chi connectivity index (χ1n) is 8.21. The van der Waals surface area contributed by atoms with Gasteiger partial charge in [0.25, 0.3) is 5.91 Å². The molecule has 1 amide bonds. The molecule has 1 aliphatic heterocycles. The van der Waals surface area contributed by atoms with E-state index in [9.17, 15) is 4.79 Å². The fraction of sp³-hybridized carbons (Fsp3) is 0.263. The van der Waals surface area contributed by atoms with Gasteiger partial charge in [-0.25, -0.2) is 4.68 Å². The zero-order valence-corrected chi connectivity index (χ0v) is 16.5. The van der Waals surface area contributed by atoms with Gasteiger partial charge in [-0.3, -0.25) is 4.79 Å². The number of nitrogens with zero attached hydrogens (tertiary/aromatic N) is 3. The predicted molar refractivity (Wildman–Crippen MR) is 104 cm³/mol. The lowest BCUT2D eigenvalue weighted by Gasteiger charge is -2.27. The second kappa shape index (κ2) is 6.42. The summed E-state index contributed by atoms with van der Waals surface area (Å²) >= 11 is 5.24. The van der Waals surface area contributed by atoms with Gasteiger partial charge in [-0.1, -0.05) is 15.9 Å². The van der Waals surface area contributed by atoms with E-state index >= 15 is 0 Å². The molecule has 3 heterocycles. The molecule has 2 aromatic heterocycles. The molecule has 0 radical (unpaired) electrons. The molecule has 0 N–H and O–H groups in total. The highest BCUT2D eigenvalue weighted by atomic mass is 79.9. The van der Waals surface area contributed by atoms with Crippen LogP contribution in [0.3, 0.4) is 0 Å². The summed E-state index contributed by atoms with van der Waals surface area (Å²) in [5.41, 5.74) is 4.63. The van der Waals surface area contributed by atoms with Crippen molar-refractivity contribution in [2.75, 3.05) is 6.54 Å². The van der Waals surface area contributed by atoms with Gasteiger partial charge in [-0.2, -0.15) is 5.10 Å². The van der Waals surface area contributed by atoms with Gasteiger partial charge < -0.3 is 4.90 Å². The largest absolute Gasteiger partial charge is 0.334 e. The Bertz CT molecular complexity index is 942. The minimum Gasteiger partial charge on any atom is -0.334 e. The van der Waals surface area contributed by atoms with Gasteiger partial charge in [-0.15, -0.1) is 11.3 Å². The molecule has 0 saturated carbocycles. The Morgan fingerprint density at radius 2 is 1.96 bits per heavy atom. The summed E-state index contributed by atoms with van der Waals surface area (Å²) in [7, 11) is 0. The van der Waals surface area contributed by atoms with Crippen molar-refractivity contribution in [2.24, 2.45) is 0 Å². The second-order valence-corrected chi connectivity index (χ2v) is 8.20. The van der Waals surface area contributed by atoms with E-state index in [1.807, 2.05) is 47.7 Å². The van der Waals surface area contributed by atoms with Gasteiger partial charge in [0.2, 0.25) is 0 Å². The molecule has 0 fully saturated rings. The Morgan fingerprint density at radius 3 is 2.72 bits per heavy atom. The molecule has 128 valence electrons.